The van der Waals surface area contributed by atoms with Gasteiger partial charge >= 0.3 is 6.18 Å². The summed E-state index contributed by atoms with van der Waals surface area (Å²) in [5.41, 5.74) is 5.57. The summed E-state index contributed by atoms with van der Waals surface area (Å²) in [5, 5.41) is 6.61. The fraction of sp³-hybridized carbons (Fsp3) is 0.714. The molecule has 0 aromatic carbocycles. The highest BCUT2D eigenvalue weighted by Gasteiger charge is 2.40. The number of alkyl halides is 3. The molecule has 0 fully saturated rings. The molecule has 1 aliphatic heterocycles. The van der Waals surface area contributed by atoms with Gasteiger partial charge in [0.05, 0.1) is 6.17 Å². The highest BCUT2D eigenvalue weighted by atomic mass is 19.4. The number of fused-ring (bicyclic) bond motifs is 1. The zero-order valence-electron chi connectivity index (χ0n) is 7.25. The smallest absolute Gasteiger partial charge is 0.311 e. The molecule has 7 heteroatoms. The third-order valence-electron chi connectivity index (χ3n) is 2.25. The lowest BCUT2D eigenvalue weighted by Crippen LogP contribution is -2.29. The molecule has 0 saturated carbocycles. The summed E-state index contributed by atoms with van der Waals surface area (Å²) in [7, 11) is 0. The van der Waals surface area contributed by atoms with Crippen molar-refractivity contribution in [3.8, 4) is 0 Å². The van der Waals surface area contributed by atoms with Gasteiger partial charge in [0.1, 0.15) is 5.82 Å². The summed E-state index contributed by atoms with van der Waals surface area (Å²) < 4.78 is 38.2. The van der Waals surface area contributed by atoms with Crippen molar-refractivity contribution in [2.75, 3.05) is 0 Å². The van der Waals surface area contributed by atoms with E-state index in [9.17, 15) is 13.2 Å². The molecule has 0 spiro atoms. The quantitative estimate of drug-likeness (QED) is 0.691. The number of halogens is 3. The van der Waals surface area contributed by atoms with Crippen LogP contribution in [0, 0.1) is 0 Å². The predicted molar refractivity (Wildman–Crippen MR) is 41.2 cm³/mol. The highest BCUT2D eigenvalue weighted by molar-refractivity contribution is 5.04. The molecule has 1 unspecified atom stereocenters. The molecule has 4 nitrogen and oxygen atoms in total. The summed E-state index contributed by atoms with van der Waals surface area (Å²) >= 11 is 0. The van der Waals surface area contributed by atoms with E-state index in [0.717, 1.165) is 11.0 Å². The van der Waals surface area contributed by atoms with Gasteiger partial charge in [-0.1, -0.05) is 0 Å². The number of aromatic nitrogens is 3. The molecular formula is C7H9F3N4. The maximum Gasteiger partial charge on any atom is 0.451 e. The van der Waals surface area contributed by atoms with E-state index in [1.165, 1.54) is 0 Å². The summed E-state index contributed by atoms with van der Waals surface area (Å²) in [6.07, 6.45) is -3.31. The lowest BCUT2D eigenvalue weighted by atomic mass is 10.1. The molecule has 78 valence electrons. The second-order valence-corrected chi connectivity index (χ2v) is 3.27. The van der Waals surface area contributed by atoms with Crippen LogP contribution in [0.15, 0.2) is 0 Å². The van der Waals surface area contributed by atoms with Crippen LogP contribution < -0.4 is 5.73 Å². The molecule has 0 bridgehead atoms. The Kier molecular flexibility index (Phi) is 1.99. The topological polar surface area (TPSA) is 56.7 Å². The maximum absolute atomic E-state index is 12.4. The number of nitrogens with zero attached hydrogens (tertiary/aromatic N) is 3. The van der Waals surface area contributed by atoms with Crippen LogP contribution in [0.25, 0.3) is 0 Å². The zero-order valence-corrected chi connectivity index (χ0v) is 7.25. The van der Waals surface area contributed by atoms with Gasteiger partial charge in [-0.25, -0.2) is 0 Å². The Hall–Kier alpha value is -1.11. The van der Waals surface area contributed by atoms with Crippen LogP contribution in [0.1, 0.15) is 30.7 Å². The Bertz CT molecular complexity index is 343. The molecule has 0 radical (unpaired) electrons. The first kappa shape index (κ1) is 9.45. The Morgan fingerprint density at radius 1 is 1.36 bits per heavy atom. The molecule has 1 aromatic heterocycles. The monoisotopic (exact) mass is 206 g/mol. The van der Waals surface area contributed by atoms with E-state index < -0.39 is 18.2 Å². The number of aryl methyl sites for hydroxylation is 1. The van der Waals surface area contributed by atoms with Crippen LogP contribution in [0.3, 0.4) is 0 Å². The van der Waals surface area contributed by atoms with Crippen molar-refractivity contribution in [3.05, 3.63) is 11.6 Å². The minimum absolute atomic E-state index is 0.330. The Morgan fingerprint density at radius 3 is 2.71 bits per heavy atom. The Balaban J connectivity index is 2.49. The van der Waals surface area contributed by atoms with Gasteiger partial charge in [0.25, 0.3) is 0 Å². The largest absolute Gasteiger partial charge is 0.451 e. The van der Waals surface area contributed by atoms with E-state index in [-0.39, 0.29) is 0 Å². The first-order valence-electron chi connectivity index (χ1n) is 4.26. The van der Waals surface area contributed by atoms with Gasteiger partial charge in [0.2, 0.25) is 5.82 Å². The third-order valence-corrected chi connectivity index (χ3v) is 2.25. The fourth-order valence-corrected chi connectivity index (χ4v) is 1.63. The fourth-order valence-electron chi connectivity index (χ4n) is 1.63. The van der Waals surface area contributed by atoms with Crippen LogP contribution >= 0.6 is 0 Å². The number of hydrogen-bond donors (Lipinski definition) is 1. The minimum Gasteiger partial charge on any atom is -0.311 e. The van der Waals surface area contributed by atoms with Gasteiger partial charge in [0.15, 0.2) is 0 Å². The molecular weight excluding hydrogens is 197 g/mol. The molecule has 0 aliphatic carbocycles. The molecule has 2 N–H and O–H groups in total. The van der Waals surface area contributed by atoms with Crippen molar-refractivity contribution in [1.82, 2.24) is 14.8 Å². The molecule has 1 atom stereocenters. The predicted octanol–water partition coefficient (Wildman–Crippen LogP) is 1.09. The SMILES string of the molecule is NC1CCCc2nnc(C(F)(F)F)n21. The minimum atomic E-state index is -4.47. The van der Waals surface area contributed by atoms with E-state index in [4.69, 9.17) is 5.73 Å². The van der Waals surface area contributed by atoms with Crippen LogP contribution in [0.5, 0.6) is 0 Å². The standard InChI is InChI=1S/C7H9F3N4/c8-7(9,10)6-13-12-5-3-1-2-4(11)14(5)6/h4H,1-3,11H2. The van der Waals surface area contributed by atoms with Crippen molar-refractivity contribution in [2.45, 2.75) is 31.6 Å². The van der Waals surface area contributed by atoms with Gasteiger partial charge in [0, 0.05) is 6.42 Å². The van der Waals surface area contributed by atoms with Crippen molar-refractivity contribution in [1.29, 1.82) is 0 Å². The lowest BCUT2D eigenvalue weighted by molar-refractivity contribution is -0.148. The summed E-state index contributed by atoms with van der Waals surface area (Å²) in [5.74, 6) is -0.657. The lowest BCUT2D eigenvalue weighted by Gasteiger charge is -2.22. The van der Waals surface area contributed by atoms with Crippen LogP contribution in [0.4, 0.5) is 13.2 Å². The molecule has 2 heterocycles. The van der Waals surface area contributed by atoms with Crippen LogP contribution in [-0.2, 0) is 12.6 Å². The Labute approximate surface area is 77.9 Å². The molecule has 1 aromatic rings. The average molecular weight is 206 g/mol. The molecule has 1 aliphatic rings. The van der Waals surface area contributed by atoms with Crippen molar-refractivity contribution >= 4 is 0 Å². The highest BCUT2D eigenvalue weighted by Crippen LogP contribution is 2.32. The van der Waals surface area contributed by atoms with E-state index >= 15 is 0 Å². The van der Waals surface area contributed by atoms with Gasteiger partial charge in [-0.15, -0.1) is 10.2 Å². The van der Waals surface area contributed by atoms with Gasteiger partial charge in [-0.2, -0.15) is 13.2 Å². The summed E-state index contributed by atoms with van der Waals surface area (Å²) in [6.45, 7) is 0. The van der Waals surface area contributed by atoms with Crippen LogP contribution in [-0.4, -0.2) is 14.8 Å². The van der Waals surface area contributed by atoms with Crippen molar-refractivity contribution in [2.24, 2.45) is 5.73 Å². The normalized spacial score (nSPS) is 22.1. The molecule has 0 amide bonds. The van der Waals surface area contributed by atoms with E-state index in [1.807, 2.05) is 0 Å². The van der Waals surface area contributed by atoms with Crippen molar-refractivity contribution < 1.29 is 13.2 Å². The van der Waals surface area contributed by atoms with E-state index in [0.29, 0.717) is 18.7 Å². The zero-order chi connectivity index (χ0) is 10.3. The number of rotatable bonds is 0. The summed E-state index contributed by atoms with van der Waals surface area (Å²) in [6, 6.07) is 0. The third kappa shape index (κ3) is 1.37. The first-order valence-corrected chi connectivity index (χ1v) is 4.26. The summed E-state index contributed by atoms with van der Waals surface area (Å²) in [4.78, 5) is 0. The van der Waals surface area contributed by atoms with Gasteiger partial charge in [-0.05, 0) is 12.8 Å². The second kappa shape index (κ2) is 2.94. The molecule has 2 rings (SSSR count). The Morgan fingerprint density at radius 2 is 2.07 bits per heavy atom. The van der Waals surface area contributed by atoms with E-state index in [2.05, 4.69) is 10.2 Å². The maximum atomic E-state index is 12.4. The number of nitrogens with two attached hydrogens (primary N) is 1. The van der Waals surface area contributed by atoms with Crippen LogP contribution in [0.2, 0.25) is 0 Å². The van der Waals surface area contributed by atoms with Crippen molar-refractivity contribution in [3.63, 3.8) is 0 Å². The average Bonchev–Trinajstić information content (AvgIpc) is 2.47. The second-order valence-electron chi connectivity index (χ2n) is 3.27. The molecule has 14 heavy (non-hydrogen) atoms. The first-order chi connectivity index (χ1) is 6.50. The molecule has 0 saturated heterocycles. The van der Waals surface area contributed by atoms with Gasteiger partial charge in [-0.3, -0.25) is 4.57 Å². The number of hydrogen-bond acceptors (Lipinski definition) is 3. The van der Waals surface area contributed by atoms with Gasteiger partial charge < -0.3 is 5.73 Å². The van der Waals surface area contributed by atoms with E-state index in [1.54, 1.807) is 0 Å².